The molecule has 2 amide bonds. The van der Waals surface area contributed by atoms with Crippen molar-refractivity contribution in [3.8, 4) is 5.75 Å². The molecule has 2 aromatic carbocycles. The van der Waals surface area contributed by atoms with E-state index in [1.807, 2.05) is 0 Å². The van der Waals surface area contributed by atoms with Gasteiger partial charge in [0, 0.05) is 29.3 Å². The molecule has 1 aliphatic heterocycles. The summed E-state index contributed by atoms with van der Waals surface area (Å²) in [5.74, 6) is -3.49. The molecule has 1 aliphatic rings. The predicted octanol–water partition coefficient (Wildman–Crippen LogP) is 3.34. The third-order valence-corrected chi connectivity index (χ3v) is 5.21. The van der Waals surface area contributed by atoms with Crippen LogP contribution in [0, 0.1) is 17.5 Å². The van der Waals surface area contributed by atoms with Crippen LogP contribution in [0.2, 0.25) is 0 Å². The second-order valence-corrected chi connectivity index (χ2v) is 7.54. The summed E-state index contributed by atoms with van der Waals surface area (Å²) in [6.07, 6.45) is 0. The lowest BCUT2D eigenvalue weighted by atomic mass is 9.91. The number of halogens is 3. The number of esters is 1. The molecule has 0 saturated heterocycles. The van der Waals surface area contributed by atoms with Gasteiger partial charge >= 0.3 is 12.0 Å². The van der Waals surface area contributed by atoms with E-state index >= 15 is 0 Å². The van der Waals surface area contributed by atoms with Crippen LogP contribution in [0.25, 0.3) is 0 Å². The number of amidine groups is 1. The zero-order valence-corrected chi connectivity index (χ0v) is 18.8. The molecule has 3 rings (SSSR count). The maximum absolute atomic E-state index is 14.8. The van der Waals surface area contributed by atoms with E-state index in [1.165, 1.54) is 38.3 Å². The van der Waals surface area contributed by atoms with Gasteiger partial charge in [-0.2, -0.15) is 0 Å². The molecule has 1 unspecified atom stereocenters. The van der Waals surface area contributed by atoms with Crippen molar-refractivity contribution >= 4 is 23.5 Å². The number of anilines is 1. The number of ether oxygens (including phenoxy) is 2. The average Bonchev–Trinajstić information content (AvgIpc) is 3.16. The maximum Gasteiger partial charge on any atom is 0.328 e. The number of urea groups is 1. The van der Waals surface area contributed by atoms with E-state index in [1.54, 1.807) is 6.92 Å². The van der Waals surface area contributed by atoms with Crippen LogP contribution in [0.5, 0.6) is 5.75 Å². The standard InChI is InChI=1S/C23H25F3N4O4/c1-4-34-22(31)12(2)28-21-20(30-23(32)29-14-7-5-13(24)6-8-14)16(11-27-21)19-17(25)9-15(33-3)10-18(19)26/h5-10,12,16,20H,4,11H2,1-3H3,(H,27,28)(H2,29,30,32)/t12?,16-,20-/m0/s1. The first-order chi connectivity index (χ1) is 16.2. The van der Waals surface area contributed by atoms with Crippen LogP contribution in [0.15, 0.2) is 41.4 Å². The summed E-state index contributed by atoms with van der Waals surface area (Å²) in [7, 11) is 1.29. The van der Waals surface area contributed by atoms with Gasteiger partial charge in [0.1, 0.15) is 35.1 Å². The molecule has 182 valence electrons. The van der Waals surface area contributed by atoms with Gasteiger partial charge in [0.15, 0.2) is 0 Å². The van der Waals surface area contributed by atoms with Gasteiger partial charge in [-0.25, -0.2) is 22.8 Å². The van der Waals surface area contributed by atoms with Crippen LogP contribution in [-0.2, 0) is 9.53 Å². The number of benzene rings is 2. The molecule has 34 heavy (non-hydrogen) atoms. The van der Waals surface area contributed by atoms with E-state index in [-0.39, 0.29) is 30.3 Å². The van der Waals surface area contributed by atoms with Crippen molar-refractivity contribution in [1.82, 2.24) is 10.6 Å². The molecule has 3 N–H and O–H groups in total. The number of nitrogens with zero attached hydrogens (tertiary/aromatic N) is 1. The molecule has 11 heteroatoms. The first-order valence-electron chi connectivity index (χ1n) is 10.6. The van der Waals surface area contributed by atoms with Gasteiger partial charge in [0.05, 0.1) is 26.3 Å². The Morgan fingerprint density at radius 1 is 1.15 bits per heavy atom. The number of rotatable bonds is 7. The lowest BCUT2D eigenvalue weighted by molar-refractivity contribution is -0.144. The topological polar surface area (TPSA) is 101 Å². The Morgan fingerprint density at radius 3 is 2.38 bits per heavy atom. The minimum atomic E-state index is -1.00. The minimum Gasteiger partial charge on any atom is -0.497 e. The molecule has 8 nitrogen and oxygen atoms in total. The van der Waals surface area contributed by atoms with E-state index in [0.717, 1.165) is 12.1 Å². The Kier molecular flexibility index (Phi) is 7.98. The zero-order chi connectivity index (χ0) is 24.8. The molecule has 0 radical (unpaired) electrons. The van der Waals surface area contributed by atoms with Crippen molar-refractivity contribution in [3.05, 3.63) is 59.4 Å². The van der Waals surface area contributed by atoms with E-state index in [2.05, 4.69) is 20.9 Å². The summed E-state index contributed by atoms with van der Waals surface area (Å²) in [6, 6.07) is 4.61. The first-order valence-corrected chi connectivity index (χ1v) is 10.6. The normalized spacial score (nSPS) is 18.0. The number of carbonyl (C=O) groups excluding carboxylic acids is 2. The van der Waals surface area contributed by atoms with Gasteiger partial charge in [0.2, 0.25) is 0 Å². The number of nitrogens with one attached hydrogen (secondary N) is 3. The summed E-state index contributed by atoms with van der Waals surface area (Å²) in [6.45, 7) is 3.31. The molecule has 0 bridgehead atoms. The van der Waals surface area contributed by atoms with E-state index in [4.69, 9.17) is 9.47 Å². The Morgan fingerprint density at radius 2 is 1.79 bits per heavy atom. The molecule has 0 aliphatic carbocycles. The minimum absolute atomic E-state index is 0.00510. The Balaban J connectivity index is 1.86. The number of amides is 2. The van der Waals surface area contributed by atoms with E-state index < -0.39 is 47.5 Å². The monoisotopic (exact) mass is 478 g/mol. The van der Waals surface area contributed by atoms with Gasteiger partial charge in [0.25, 0.3) is 0 Å². The van der Waals surface area contributed by atoms with Gasteiger partial charge in [-0.05, 0) is 38.1 Å². The maximum atomic E-state index is 14.8. The van der Waals surface area contributed by atoms with Gasteiger partial charge in [-0.15, -0.1) is 0 Å². The summed E-state index contributed by atoms with van der Waals surface area (Å²) >= 11 is 0. The van der Waals surface area contributed by atoms with Crippen molar-refractivity contribution in [2.24, 2.45) is 4.99 Å². The number of carbonyl (C=O) groups is 2. The first kappa shape index (κ1) is 24.9. The van der Waals surface area contributed by atoms with Crippen LogP contribution in [-0.4, -0.2) is 50.2 Å². The molecule has 0 spiro atoms. The quantitative estimate of drug-likeness (QED) is 0.530. The van der Waals surface area contributed by atoms with Crippen molar-refractivity contribution < 1.29 is 32.2 Å². The second-order valence-electron chi connectivity index (χ2n) is 7.54. The van der Waals surface area contributed by atoms with Crippen molar-refractivity contribution in [1.29, 1.82) is 0 Å². The largest absolute Gasteiger partial charge is 0.497 e. The third-order valence-electron chi connectivity index (χ3n) is 5.21. The van der Waals surface area contributed by atoms with Crippen LogP contribution in [0.3, 0.4) is 0 Å². The summed E-state index contributed by atoms with van der Waals surface area (Å²) in [4.78, 5) is 29.0. The Labute approximate surface area is 194 Å². The zero-order valence-electron chi connectivity index (χ0n) is 18.8. The van der Waals surface area contributed by atoms with Crippen LogP contribution < -0.4 is 20.7 Å². The summed E-state index contributed by atoms with van der Waals surface area (Å²) in [5.41, 5.74) is 0.0267. The third kappa shape index (κ3) is 5.77. The molecule has 0 saturated carbocycles. The lowest BCUT2D eigenvalue weighted by Crippen LogP contribution is -2.52. The highest BCUT2D eigenvalue weighted by atomic mass is 19.1. The molecule has 3 atom stereocenters. The van der Waals surface area contributed by atoms with Gasteiger partial charge in [-0.1, -0.05) is 0 Å². The predicted molar refractivity (Wildman–Crippen MR) is 120 cm³/mol. The van der Waals surface area contributed by atoms with Crippen LogP contribution in [0.4, 0.5) is 23.7 Å². The Bertz CT molecular complexity index is 1060. The molecule has 0 fully saturated rings. The smallest absolute Gasteiger partial charge is 0.328 e. The van der Waals surface area contributed by atoms with Crippen molar-refractivity contribution in [3.63, 3.8) is 0 Å². The second kappa shape index (κ2) is 10.9. The SMILES string of the molecule is CCOC(=O)C(C)NC1=NC[C@@H](c2c(F)cc(OC)cc2F)[C@@H]1NC(=O)Nc1ccc(F)cc1. The Hall–Kier alpha value is -3.76. The summed E-state index contributed by atoms with van der Waals surface area (Å²) < 4.78 is 52.7. The molecular formula is C23H25F3N4O4. The average molecular weight is 478 g/mol. The molecule has 0 aromatic heterocycles. The fourth-order valence-corrected chi connectivity index (χ4v) is 3.58. The van der Waals surface area contributed by atoms with Gasteiger partial charge in [-0.3, -0.25) is 4.99 Å². The van der Waals surface area contributed by atoms with Crippen LogP contribution in [0.1, 0.15) is 25.3 Å². The fraction of sp³-hybridized carbons (Fsp3) is 0.348. The van der Waals surface area contributed by atoms with E-state index in [0.29, 0.717) is 5.69 Å². The fourth-order valence-electron chi connectivity index (χ4n) is 3.58. The number of hydrogen-bond donors (Lipinski definition) is 3. The van der Waals surface area contributed by atoms with Crippen molar-refractivity contribution in [2.45, 2.75) is 31.8 Å². The van der Waals surface area contributed by atoms with Gasteiger partial charge < -0.3 is 25.4 Å². The summed E-state index contributed by atoms with van der Waals surface area (Å²) in [5, 5.41) is 8.05. The number of hydrogen-bond acceptors (Lipinski definition) is 6. The highest BCUT2D eigenvalue weighted by molar-refractivity contribution is 5.98. The highest BCUT2D eigenvalue weighted by Gasteiger charge is 2.38. The van der Waals surface area contributed by atoms with Crippen molar-refractivity contribution in [2.75, 3.05) is 25.6 Å². The number of methoxy groups -OCH3 is 1. The molecular weight excluding hydrogens is 453 g/mol. The lowest BCUT2D eigenvalue weighted by Gasteiger charge is -2.25. The van der Waals surface area contributed by atoms with Crippen LogP contribution >= 0.6 is 0 Å². The highest BCUT2D eigenvalue weighted by Crippen LogP contribution is 2.32. The molecule has 2 aromatic rings. The number of aliphatic imine (C=N–C) groups is 1. The van der Waals surface area contributed by atoms with E-state index in [9.17, 15) is 22.8 Å². The molecule has 1 heterocycles.